The summed E-state index contributed by atoms with van der Waals surface area (Å²) in [5.74, 6) is 0.187. The van der Waals surface area contributed by atoms with Crippen LogP contribution in [0.25, 0.3) is 0 Å². The zero-order valence-electron chi connectivity index (χ0n) is 14.3. The minimum atomic E-state index is -4.27. The number of halogens is 3. The summed E-state index contributed by atoms with van der Waals surface area (Å²) in [5.41, 5.74) is 0.327. The van der Waals surface area contributed by atoms with Crippen molar-refractivity contribution in [2.75, 3.05) is 6.61 Å². The number of alkyl halides is 3. The van der Waals surface area contributed by atoms with Gasteiger partial charge >= 0.3 is 6.18 Å². The Hall–Kier alpha value is -0.813. The van der Waals surface area contributed by atoms with Gasteiger partial charge in [-0.1, -0.05) is 39.8 Å². The second kappa shape index (κ2) is 6.75. The molecule has 1 unspecified atom stereocenters. The van der Waals surface area contributed by atoms with E-state index in [9.17, 15) is 13.2 Å². The molecule has 0 aliphatic carbocycles. The van der Waals surface area contributed by atoms with Gasteiger partial charge in [-0.3, -0.25) is 0 Å². The number of hydrogen-bond donors (Lipinski definition) is 0. The standard InChI is InChI=1S/C17H27F3OSi/c1-13(11-12-21-22(5,6)16(2,3)4)14-7-9-15(10-8-14)17(18,19)20/h7-10,13H,11-12H2,1-6H3. The second-order valence-electron chi connectivity index (χ2n) is 7.42. The van der Waals surface area contributed by atoms with Crippen LogP contribution in [0.2, 0.25) is 18.1 Å². The molecule has 1 aromatic rings. The van der Waals surface area contributed by atoms with E-state index in [0.717, 1.165) is 24.1 Å². The van der Waals surface area contributed by atoms with E-state index in [4.69, 9.17) is 4.43 Å². The first kappa shape index (κ1) is 19.2. The van der Waals surface area contributed by atoms with Gasteiger partial charge in [0.25, 0.3) is 0 Å². The molecule has 0 heterocycles. The van der Waals surface area contributed by atoms with Crippen molar-refractivity contribution in [1.82, 2.24) is 0 Å². The minimum Gasteiger partial charge on any atom is -0.417 e. The minimum absolute atomic E-state index is 0.171. The largest absolute Gasteiger partial charge is 0.417 e. The second-order valence-corrected chi connectivity index (χ2v) is 12.2. The number of rotatable bonds is 5. The fourth-order valence-electron chi connectivity index (χ4n) is 1.87. The van der Waals surface area contributed by atoms with Gasteiger partial charge in [0.15, 0.2) is 8.32 Å². The Kier molecular flexibility index (Phi) is 5.90. The smallest absolute Gasteiger partial charge is 0.416 e. The van der Waals surface area contributed by atoms with Crippen molar-refractivity contribution in [3.05, 3.63) is 35.4 Å². The SMILES string of the molecule is CC(CCO[Si](C)(C)C(C)(C)C)c1ccc(C(F)(F)F)cc1. The highest BCUT2D eigenvalue weighted by Crippen LogP contribution is 2.37. The molecule has 0 spiro atoms. The van der Waals surface area contributed by atoms with E-state index >= 15 is 0 Å². The van der Waals surface area contributed by atoms with Gasteiger partial charge in [0.2, 0.25) is 0 Å². The Bertz CT molecular complexity index is 472. The molecule has 0 radical (unpaired) electrons. The highest BCUT2D eigenvalue weighted by atomic mass is 28.4. The maximum atomic E-state index is 12.6. The fraction of sp³-hybridized carbons (Fsp3) is 0.647. The number of benzene rings is 1. The molecule has 0 fully saturated rings. The van der Waals surface area contributed by atoms with Crippen LogP contribution in [0, 0.1) is 0 Å². The van der Waals surface area contributed by atoms with Crippen molar-refractivity contribution in [3.8, 4) is 0 Å². The van der Waals surface area contributed by atoms with E-state index in [1.807, 2.05) is 6.92 Å². The van der Waals surface area contributed by atoms with Crippen LogP contribution >= 0.6 is 0 Å². The van der Waals surface area contributed by atoms with Gasteiger partial charge in [0, 0.05) is 6.61 Å². The summed E-state index contributed by atoms with van der Waals surface area (Å²) in [6, 6.07) is 5.45. The molecule has 0 N–H and O–H groups in total. The molecule has 0 aromatic heterocycles. The van der Waals surface area contributed by atoms with Crippen LogP contribution in [0.1, 0.15) is 51.2 Å². The Morgan fingerprint density at radius 2 is 1.55 bits per heavy atom. The molecule has 5 heteroatoms. The molecule has 0 bridgehead atoms. The first-order chi connectivity index (χ1) is 9.84. The summed E-state index contributed by atoms with van der Waals surface area (Å²) in [4.78, 5) is 0. The maximum absolute atomic E-state index is 12.6. The molecule has 1 atom stereocenters. The van der Waals surface area contributed by atoms with Gasteiger partial charge in [0.05, 0.1) is 5.56 Å². The molecular weight excluding hydrogens is 305 g/mol. The zero-order chi connectivity index (χ0) is 17.2. The van der Waals surface area contributed by atoms with Crippen molar-refractivity contribution >= 4 is 8.32 Å². The predicted octanol–water partition coefficient (Wildman–Crippen LogP) is 6.22. The monoisotopic (exact) mass is 332 g/mol. The third kappa shape index (κ3) is 5.13. The summed E-state index contributed by atoms with van der Waals surface area (Å²) in [6.07, 6.45) is -3.45. The van der Waals surface area contributed by atoms with E-state index in [1.165, 1.54) is 0 Å². The molecule has 0 saturated carbocycles. The highest BCUT2D eigenvalue weighted by Gasteiger charge is 2.37. The van der Waals surface area contributed by atoms with Gasteiger partial charge in [-0.15, -0.1) is 0 Å². The van der Waals surface area contributed by atoms with Crippen LogP contribution in [0.4, 0.5) is 13.2 Å². The van der Waals surface area contributed by atoms with Crippen LogP contribution in [0.3, 0.4) is 0 Å². The molecule has 1 nitrogen and oxygen atoms in total. The highest BCUT2D eigenvalue weighted by molar-refractivity contribution is 6.74. The zero-order valence-corrected chi connectivity index (χ0v) is 15.3. The topological polar surface area (TPSA) is 9.23 Å². The average molecular weight is 332 g/mol. The molecule has 0 saturated heterocycles. The van der Waals surface area contributed by atoms with E-state index < -0.39 is 20.1 Å². The summed E-state index contributed by atoms with van der Waals surface area (Å²) < 4.78 is 43.8. The third-order valence-corrected chi connectivity index (χ3v) is 9.17. The van der Waals surface area contributed by atoms with Crippen LogP contribution in [-0.2, 0) is 10.6 Å². The van der Waals surface area contributed by atoms with Crippen LogP contribution < -0.4 is 0 Å². The van der Waals surface area contributed by atoms with E-state index in [1.54, 1.807) is 12.1 Å². The molecule has 0 aliphatic heterocycles. The lowest BCUT2D eigenvalue weighted by Gasteiger charge is -2.36. The molecule has 1 rings (SSSR count). The average Bonchev–Trinajstić information content (AvgIpc) is 2.36. The summed E-state index contributed by atoms with van der Waals surface area (Å²) in [5, 5.41) is 0.171. The van der Waals surface area contributed by atoms with Crippen molar-refractivity contribution in [1.29, 1.82) is 0 Å². The van der Waals surface area contributed by atoms with Crippen molar-refractivity contribution in [2.45, 2.75) is 64.3 Å². The molecule has 0 aliphatic rings. The maximum Gasteiger partial charge on any atom is 0.416 e. The Labute approximate surface area is 133 Å². The Morgan fingerprint density at radius 3 is 1.95 bits per heavy atom. The first-order valence-corrected chi connectivity index (χ1v) is 10.6. The summed E-state index contributed by atoms with van der Waals surface area (Å²) in [6.45, 7) is 13.7. The van der Waals surface area contributed by atoms with Gasteiger partial charge in [-0.25, -0.2) is 0 Å². The molecular formula is C17H27F3OSi. The van der Waals surface area contributed by atoms with Crippen LogP contribution in [0.5, 0.6) is 0 Å². The quantitative estimate of drug-likeness (QED) is 0.582. The van der Waals surface area contributed by atoms with Gasteiger partial charge in [0.1, 0.15) is 0 Å². The van der Waals surface area contributed by atoms with E-state index in [2.05, 4.69) is 33.9 Å². The molecule has 1 aromatic carbocycles. The number of hydrogen-bond acceptors (Lipinski definition) is 1. The van der Waals surface area contributed by atoms with Gasteiger partial charge in [-0.2, -0.15) is 13.2 Å². The van der Waals surface area contributed by atoms with E-state index in [-0.39, 0.29) is 11.0 Å². The molecule has 126 valence electrons. The van der Waals surface area contributed by atoms with Crippen molar-refractivity contribution < 1.29 is 17.6 Å². The fourth-order valence-corrected chi connectivity index (χ4v) is 2.94. The Morgan fingerprint density at radius 1 is 1.05 bits per heavy atom. The lowest BCUT2D eigenvalue weighted by molar-refractivity contribution is -0.137. The predicted molar refractivity (Wildman–Crippen MR) is 87.6 cm³/mol. The van der Waals surface area contributed by atoms with Crippen molar-refractivity contribution in [3.63, 3.8) is 0 Å². The van der Waals surface area contributed by atoms with Gasteiger partial charge < -0.3 is 4.43 Å². The normalized spacial score (nSPS) is 15.0. The first-order valence-electron chi connectivity index (χ1n) is 7.66. The van der Waals surface area contributed by atoms with Crippen molar-refractivity contribution in [2.24, 2.45) is 0 Å². The third-order valence-electron chi connectivity index (χ3n) is 4.63. The van der Waals surface area contributed by atoms with Crippen LogP contribution in [0.15, 0.2) is 24.3 Å². The van der Waals surface area contributed by atoms with E-state index in [0.29, 0.717) is 6.61 Å². The summed E-state index contributed by atoms with van der Waals surface area (Å²) in [7, 11) is -1.76. The lowest BCUT2D eigenvalue weighted by Crippen LogP contribution is -2.41. The molecule has 22 heavy (non-hydrogen) atoms. The summed E-state index contributed by atoms with van der Waals surface area (Å²) >= 11 is 0. The van der Waals surface area contributed by atoms with Gasteiger partial charge in [-0.05, 0) is 48.2 Å². The molecule has 0 amide bonds. The lowest BCUT2D eigenvalue weighted by atomic mass is 9.97. The van der Waals surface area contributed by atoms with Crippen LogP contribution in [-0.4, -0.2) is 14.9 Å². The Balaban J connectivity index is 2.58.